The highest BCUT2D eigenvalue weighted by Crippen LogP contribution is 2.17. The summed E-state index contributed by atoms with van der Waals surface area (Å²) in [6, 6.07) is 6.23. The minimum Gasteiger partial charge on any atom is -0.497 e. The number of methoxy groups -OCH3 is 1. The van der Waals surface area contributed by atoms with E-state index in [4.69, 9.17) is 14.6 Å². The van der Waals surface area contributed by atoms with Crippen molar-refractivity contribution in [1.29, 1.82) is 0 Å². The van der Waals surface area contributed by atoms with Crippen LogP contribution in [0.5, 0.6) is 11.5 Å². The van der Waals surface area contributed by atoms with Crippen molar-refractivity contribution >= 4 is 11.9 Å². The second-order valence-corrected chi connectivity index (χ2v) is 4.54. The smallest absolute Gasteiger partial charge is 0.326 e. The molecule has 6 nitrogen and oxygen atoms in total. The molecule has 1 amide bonds. The topological polar surface area (TPSA) is 76.1 Å². The van der Waals surface area contributed by atoms with Crippen molar-refractivity contribution in [3.63, 3.8) is 0 Å². The second-order valence-electron chi connectivity index (χ2n) is 4.54. The quantitative estimate of drug-likeness (QED) is 0.791. The number of ether oxygens (including phenoxy) is 2. The molecule has 0 saturated carbocycles. The largest absolute Gasteiger partial charge is 0.497 e. The molecule has 1 aromatic carbocycles. The molecule has 0 saturated heterocycles. The van der Waals surface area contributed by atoms with Gasteiger partial charge in [-0.3, -0.25) is 4.79 Å². The molecule has 21 heavy (non-hydrogen) atoms. The molecule has 0 aromatic heterocycles. The van der Waals surface area contributed by atoms with Gasteiger partial charge in [-0.15, -0.1) is 0 Å². The minimum atomic E-state index is -0.996. The van der Waals surface area contributed by atoms with E-state index in [0.717, 1.165) is 5.75 Å². The van der Waals surface area contributed by atoms with E-state index in [-0.39, 0.29) is 18.9 Å². The molecule has 0 aliphatic heterocycles. The van der Waals surface area contributed by atoms with E-state index in [0.29, 0.717) is 12.2 Å². The van der Waals surface area contributed by atoms with Gasteiger partial charge < -0.3 is 19.5 Å². The average Bonchev–Trinajstić information content (AvgIpc) is 2.48. The monoisotopic (exact) mass is 295 g/mol. The molecule has 0 fully saturated rings. The summed E-state index contributed by atoms with van der Waals surface area (Å²) < 4.78 is 10.5. The van der Waals surface area contributed by atoms with Crippen LogP contribution in [0.2, 0.25) is 0 Å². The zero-order chi connectivity index (χ0) is 15.8. The molecule has 0 heterocycles. The van der Waals surface area contributed by atoms with Crippen LogP contribution in [0.15, 0.2) is 24.3 Å². The number of rotatable bonds is 8. The lowest BCUT2D eigenvalue weighted by Crippen LogP contribution is -2.42. The van der Waals surface area contributed by atoms with Gasteiger partial charge in [0.2, 0.25) is 5.91 Å². The molecule has 1 atom stereocenters. The zero-order valence-corrected chi connectivity index (χ0v) is 12.5. The Labute approximate surface area is 124 Å². The molecule has 116 valence electrons. The van der Waals surface area contributed by atoms with Gasteiger partial charge in [0.1, 0.15) is 17.5 Å². The standard InChI is InChI=1S/C15H21NO5/c1-4-13(15(18)19)16(2)14(17)9-10-21-12-7-5-11(20-3)6-8-12/h5-8,13H,4,9-10H2,1-3H3,(H,18,19). The van der Waals surface area contributed by atoms with E-state index in [1.807, 2.05) is 0 Å². The van der Waals surface area contributed by atoms with E-state index < -0.39 is 12.0 Å². The number of amides is 1. The molecule has 0 radical (unpaired) electrons. The Kier molecular flexibility index (Phi) is 6.52. The summed E-state index contributed by atoms with van der Waals surface area (Å²) in [6.45, 7) is 1.93. The number of likely N-dealkylation sites (N-methyl/N-ethyl adjacent to an activating group) is 1. The normalized spacial score (nSPS) is 11.6. The molecule has 0 bridgehead atoms. The molecule has 1 N–H and O–H groups in total. The number of carboxylic acid groups (broad SMARTS) is 1. The highest BCUT2D eigenvalue weighted by molar-refractivity contribution is 5.83. The number of hydrogen-bond acceptors (Lipinski definition) is 4. The van der Waals surface area contributed by atoms with Crippen molar-refractivity contribution in [2.45, 2.75) is 25.8 Å². The summed E-state index contributed by atoms with van der Waals surface area (Å²) in [5, 5.41) is 9.01. The molecule has 0 aliphatic rings. The number of benzene rings is 1. The Bertz CT molecular complexity index is 471. The van der Waals surface area contributed by atoms with Gasteiger partial charge in [0.25, 0.3) is 0 Å². The molecule has 1 aromatic rings. The molecule has 6 heteroatoms. The fraction of sp³-hybridized carbons (Fsp3) is 0.467. The fourth-order valence-corrected chi connectivity index (χ4v) is 1.89. The highest BCUT2D eigenvalue weighted by atomic mass is 16.5. The first-order valence-corrected chi connectivity index (χ1v) is 6.74. The third kappa shape index (κ3) is 4.98. The van der Waals surface area contributed by atoms with Crippen molar-refractivity contribution in [2.75, 3.05) is 20.8 Å². The molecule has 1 rings (SSSR count). The third-order valence-electron chi connectivity index (χ3n) is 3.18. The first-order valence-electron chi connectivity index (χ1n) is 6.74. The van der Waals surface area contributed by atoms with Crippen molar-refractivity contribution in [2.24, 2.45) is 0 Å². The Morgan fingerprint density at radius 3 is 2.29 bits per heavy atom. The maximum Gasteiger partial charge on any atom is 0.326 e. The molecular formula is C15H21NO5. The predicted octanol–water partition coefficient (Wildman–Crippen LogP) is 1.79. The van der Waals surface area contributed by atoms with E-state index in [1.165, 1.54) is 11.9 Å². The van der Waals surface area contributed by atoms with Crippen LogP contribution in [-0.2, 0) is 9.59 Å². The van der Waals surface area contributed by atoms with Crippen LogP contribution in [0.3, 0.4) is 0 Å². The lowest BCUT2D eigenvalue weighted by Gasteiger charge is -2.23. The summed E-state index contributed by atoms with van der Waals surface area (Å²) in [5.74, 6) is 0.115. The van der Waals surface area contributed by atoms with Gasteiger partial charge in [-0.2, -0.15) is 0 Å². The van der Waals surface area contributed by atoms with Crippen LogP contribution < -0.4 is 9.47 Å². The van der Waals surface area contributed by atoms with Crippen LogP contribution in [-0.4, -0.2) is 48.7 Å². The molecular weight excluding hydrogens is 274 g/mol. The van der Waals surface area contributed by atoms with E-state index in [1.54, 1.807) is 38.3 Å². The van der Waals surface area contributed by atoms with Gasteiger partial charge in [-0.1, -0.05) is 6.92 Å². The Balaban J connectivity index is 2.43. The predicted molar refractivity (Wildman–Crippen MR) is 77.6 cm³/mol. The van der Waals surface area contributed by atoms with Gasteiger partial charge in [0.15, 0.2) is 0 Å². The minimum absolute atomic E-state index is 0.131. The third-order valence-corrected chi connectivity index (χ3v) is 3.18. The van der Waals surface area contributed by atoms with Crippen molar-refractivity contribution in [1.82, 2.24) is 4.90 Å². The van der Waals surface area contributed by atoms with Gasteiger partial charge in [-0.05, 0) is 30.7 Å². The van der Waals surface area contributed by atoms with Crippen LogP contribution in [0.25, 0.3) is 0 Å². The van der Waals surface area contributed by atoms with Crippen LogP contribution in [0.4, 0.5) is 0 Å². The number of carbonyl (C=O) groups is 2. The summed E-state index contributed by atoms with van der Waals surface area (Å²) >= 11 is 0. The zero-order valence-electron chi connectivity index (χ0n) is 12.5. The Morgan fingerprint density at radius 1 is 1.24 bits per heavy atom. The summed E-state index contributed by atoms with van der Waals surface area (Å²) in [6.07, 6.45) is 0.503. The molecule has 0 aliphatic carbocycles. The summed E-state index contributed by atoms with van der Waals surface area (Å²) in [7, 11) is 3.08. The Morgan fingerprint density at radius 2 is 1.81 bits per heavy atom. The maximum atomic E-state index is 11.9. The van der Waals surface area contributed by atoms with E-state index in [2.05, 4.69) is 0 Å². The fourth-order valence-electron chi connectivity index (χ4n) is 1.89. The van der Waals surface area contributed by atoms with E-state index in [9.17, 15) is 9.59 Å². The number of nitrogens with zero attached hydrogens (tertiary/aromatic N) is 1. The highest BCUT2D eigenvalue weighted by Gasteiger charge is 2.24. The summed E-state index contributed by atoms with van der Waals surface area (Å²) in [5.41, 5.74) is 0. The first kappa shape index (κ1) is 16.8. The number of aliphatic carboxylic acids is 1. The SMILES string of the molecule is CCC(C(=O)O)N(C)C(=O)CCOc1ccc(OC)cc1. The first-order chi connectivity index (χ1) is 9.99. The van der Waals surface area contributed by atoms with Crippen LogP contribution >= 0.6 is 0 Å². The Hall–Kier alpha value is -2.24. The van der Waals surface area contributed by atoms with Crippen LogP contribution in [0, 0.1) is 0 Å². The van der Waals surface area contributed by atoms with Gasteiger partial charge >= 0.3 is 5.97 Å². The van der Waals surface area contributed by atoms with Gasteiger partial charge in [0, 0.05) is 7.05 Å². The number of carboxylic acids is 1. The molecule has 1 unspecified atom stereocenters. The summed E-state index contributed by atoms with van der Waals surface area (Å²) in [4.78, 5) is 24.1. The number of hydrogen-bond donors (Lipinski definition) is 1. The molecule has 0 spiro atoms. The van der Waals surface area contributed by atoms with Gasteiger partial charge in [-0.25, -0.2) is 4.79 Å². The average molecular weight is 295 g/mol. The maximum absolute atomic E-state index is 11.9. The van der Waals surface area contributed by atoms with Crippen molar-refractivity contribution < 1.29 is 24.2 Å². The number of carbonyl (C=O) groups excluding carboxylic acids is 1. The lowest BCUT2D eigenvalue weighted by molar-refractivity contribution is -0.149. The van der Waals surface area contributed by atoms with Crippen LogP contribution in [0.1, 0.15) is 19.8 Å². The van der Waals surface area contributed by atoms with Gasteiger partial charge in [0.05, 0.1) is 20.1 Å². The van der Waals surface area contributed by atoms with E-state index >= 15 is 0 Å². The lowest BCUT2D eigenvalue weighted by atomic mass is 10.2. The van der Waals surface area contributed by atoms with Crippen molar-refractivity contribution in [3.8, 4) is 11.5 Å². The second kappa shape index (κ2) is 8.14. The van der Waals surface area contributed by atoms with Crippen molar-refractivity contribution in [3.05, 3.63) is 24.3 Å².